The van der Waals surface area contributed by atoms with Gasteiger partial charge in [0.25, 0.3) is 0 Å². The second-order valence-corrected chi connectivity index (χ2v) is 4.75. The maximum absolute atomic E-state index is 5.81. The maximum Gasteiger partial charge on any atom is 0.164 e. The molecule has 0 N–H and O–H groups in total. The van der Waals surface area contributed by atoms with Gasteiger partial charge in [-0.25, -0.2) is 4.98 Å². The van der Waals surface area contributed by atoms with E-state index in [9.17, 15) is 0 Å². The third-order valence-electron chi connectivity index (χ3n) is 2.05. The molecule has 1 atom stereocenters. The zero-order chi connectivity index (χ0) is 9.53. The van der Waals surface area contributed by atoms with E-state index >= 15 is 0 Å². The Balaban J connectivity index is 2.25. The number of hydrogen-bond donors (Lipinski definition) is 0. The summed E-state index contributed by atoms with van der Waals surface area (Å²) in [5, 5.41) is 2.94. The molecule has 3 nitrogen and oxygen atoms in total. The normalized spacial score (nSPS) is 32.2. The Hall–Kier alpha value is -0.450. The van der Waals surface area contributed by atoms with E-state index in [1.165, 1.54) is 0 Å². The fourth-order valence-electron chi connectivity index (χ4n) is 1.50. The van der Waals surface area contributed by atoms with Crippen molar-refractivity contribution in [2.24, 2.45) is 0 Å². The van der Waals surface area contributed by atoms with Gasteiger partial charge in [-0.3, -0.25) is 0 Å². The number of thiazole rings is 1. The predicted molar refractivity (Wildman–Crippen MR) is 50.6 cm³/mol. The van der Waals surface area contributed by atoms with Crippen molar-refractivity contribution < 1.29 is 9.47 Å². The van der Waals surface area contributed by atoms with Crippen LogP contribution in [0.1, 0.15) is 25.8 Å². The number of ether oxygens (including phenoxy) is 2. The molecular weight excluding hydrogens is 186 g/mol. The van der Waals surface area contributed by atoms with Gasteiger partial charge in [-0.2, -0.15) is 0 Å². The van der Waals surface area contributed by atoms with Crippen LogP contribution < -0.4 is 0 Å². The summed E-state index contributed by atoms with van der Waals surface area (Å²) < 4.78 is 11.3. The van der Waals surface area contributed by atoms with Crippen LogP contribution in [0.25, 0.3) is 0 Å². The van der Waals surface area contributed by atoms with Crippen LogP contribution in [0.3, 0.4) is 0 Å². The lowest BCUT2D eigenvalue weighted by atomic mass is 10.1. The van der Waals surface area contributed by atoms with Crippen molar-refractivity contribution in [1.82, 2.24) is 4.98 Å². The van der Waals surface area contributed by atoms with Gasteiger partial charge < -0.3 is 9.47 Å². The molecule has 4 heteroatoms. The molecule has 1 aromatic rings. The van der Waals surface area contributed by atoms with Crippen LogP contribution >= 0.6 is 11.3 Å². The summed E-state index contributed by atoms with van der Waals surface area (Å²) in [6.45, 7) is 6.44. The molecule has 2 heterocycles. The number of nitrogens with zero attached hydrogens (tertiary/aromatic N) is 1. The first-order chi connectivity index (χ1) is 6.02. The smallest absolute Gasteiger partial charge is 0.164 e. The van der Waals surface area contributed by atoms with Crippen LogP contribution in [0.5, 0.6) is 0 Å². The van der Waals surface area contributed by atoms with Crippen LogP contribution in [0, 0.1) is 0 Å². The minimum atomic E-state index is -0.486. The summed E-state index contributed by atoms with van der Waals surface area (Å²) >= 11 is 1.60. The Labute approximate surface area is 81.7 Å². The van der Waals surface area contributed by atoms with E-state index in [0.29, 0.717) is 6.61 Å². The molecule has 1 fully saturated rings. The molecular formula is C9H13NO2S. The first-order valence-corrected chi connectivity index (χ1v) is 5.14. The van der Waals surface area contributed by atoms with Crippen LogP contribution in [-0.2, 0) is 15.1 Å². The van der Waals surface area contributed by atoms with E-state index in [0.717, 1.165) is 5.01 Å². The van der Waals surface area contributed by atoms with E-state index in [-0.39, 0.29) is 5.60 Å². The molecule has 0 amide bonds. The molecule has 72 valence electrons. The van der Waals surface area contributed by atoms with E-state index in [2.05, 4.69) is 4.98 Å². The van der Waals surface area contributed by atoms with Crippen molar-refractivity contribution in [3.05, 3.63) is 16.6 Å². The summed E-state index contributed by atoms with van der Waals surface area (Å²) in [7, 11) is 0. The highest BCUT2D eigenvalue weighted by Crippen LogP contribution is 2.38. The zero-order valence-corrected chi connectivity index (χ0v) is 8.85. The van der Waals surface area contributed by atoms with E-state index < -0.39 is 5.79 Å². The average Bonchev–Trinajstić information content (AvgIpc) is 2.58. The van der Waals surface area contributed by atoms with Crippen molar-refractivity contribution in [2.45, 2.75) is 32.2 Å². The summed E-state index contributed by atoms with van der Waals surface area (Å²) in [6, 6.07) is 0. The Morgan fingerprint density at radius 2 is 2.23 bits per heavy atom. The second-order valence-electron chi connectivity index (χ2n) is 3.86. The van der Waals surface area contributed by atoms with Gasteiger partial charge in [0, 0.05) is 11.6 Å². The van der Waals surface area contributed by atoms with Crippen LogP contribution in [0.2, 0.25) is 0 Å². The van der Waals surface area contributed by atoms with Crippen molar-refractivity contribution >= 4 is 11.3 Å². The van der Waals surface area contributed by atoms with Gasteiger partial charge in [-0.05, 0) is 20.8 Å². The summed E-state index contributed by atoms with van der Waals surface area (Å²) in [6.07, 6.45) is 1.79. The van der Waals surface area contributed by atoms with Gasteiger partial charge in [0.15, 0.2) is 5.79 Å². The van der Waals surface area contributed by atoms with Crippen LogP contribution in [-0.4, -0.2) is 17.4 Å². The Bertz CT molecular complexity index is 297. The van der Waals surface area contributed by atoms with E-state index in [4.69, 9.17) is 9.47 Å². The lowest BCUT2D eigenvalue weighted by molar-refractivity contribution is -0.159. The van der Waals surface area contributed by atoms with Gasteiger partial charge in [-0.15, -0.1) is 11.3 Å². The standard InChI is InChI=1S/C9H13NO2S/c1-8(2)11-6-9(3,12-8)7-10-4-5-13-7/h4-5H,6H2,1-3H3/t9-/m0/s1. The summed E-state index contributed by atoms with van der Waals surface area (Å²) in [5.41, 5.74) is -0.363. The summed E-state index contributed by atoms with van der Waals surface area (Å²) in [4.78, 5) is 4.25. The van der Waals surface area contributed by atoms with Crippen LogP contribution in [0.15, 0.2) is 11.6 Å². The van der Waals surface area contributed by atoms with Crippen molar-refractivity contribution in [3.63, 3.8) is 0 Å². The molecule has 0 unspecified atom stereocenters. The molecule has 0 saturated carbocycles. The molecule has 0 radical (unpaired) electrons. The van der Waals surface area contributed by atoms with Gasteiger partial charge in [0.05, 0.1) is 6.61 Å². The maximum atomic E-state index is 5.81. The summed E-state index contributed by atoms with van der Waals surface area (Å²) in [5.74, 6) is -0.486. The molecule has 0 bridgehead atoms. The fraction of sp³-hybridized carbons (Fsp3) is 0.667. The molecule has 0 spiro atoms. The highest BCUT2D eigenvalue weighted by atomic mass is 32.1. The van der Waals surface area contributed by atoms with Gasteiger partial charge in [0.1, 0.15) is 10.6 Å². The lowest BCUT2D eigenvalue weighted by Gasteiger charge is -2.22. The second kappa shape index (κ2) is 2.77. The topological polar surface area (TPSA) is 31.4 Å². The van der Waals surface area contributed by atoms with Gasteiger partial charge in [0.2, 0.25) is 0 Å². The minimum absolute atomic E-state index is 0.363. The van der Waals surface area contributed by atoms with Gasteiger partial charge >= 0.3 is 0 Å². The molecule has 1 aliphatic heterocycles. The Morgan fingerprint density at radius 1 is 1.46 bits per heavy atom. The first-order valence-electron chi connectivity index (χ1n) is 4.26. The third kappa shape index (κ3) is 1.61. The van der Waals surface area contributed by atoms with E-state index in [1.54, 1.807) is 17.5 Å². The monoisotopic (exact) mass is 199 g/mol. The zero-order valence-electron chi connectivity index (χ0n) is 8.03. The Morgan fingerprint density at radius 3 is 2.69 bits per heavy atom. The predicted octanol–water partition coefficient (Wildman–Crippen LogP) is 2.14. The molecule has 0 aliphatic carbocycles. The van der Waals surface area contributed by atoms with Crippen molar-refractivity contribution in [1.29, 1.82) is 0 Å². The molecule has 13 heavy (non-hydrogen) atoms. The quantitative estimate of drug-likeness (QED) is 0.694. The third-order valence-corrected chi connectivity index (χ3v) is 3.07. The van der Waals surface area contributed by atoms with Gasteiger partial charge in [-0.1, -0.05) is 0 Å². The van der Waals surface area contributed by atoms with Crippen molar-refractivity contribution in [3.8, 4) is 0 Å². The van der Waals surface area contributed by atoms with Crippen molar-refractivity contribution in [2.75, 3.05) is 6.61 Å². The van der Waals surface area contributed by atoms with Crippen LogP contribution in [0.4, 0.5) is 0 Å². The highest BCUT2D eigenvalue weighted by molar-refractivity contribution is 7.09. The molecule has 1 aliphatic rings. The minimum Gasteiger partial charge on any atom is -0.347 e. The first kappa shape index (κ1) is 9.12. The molecule has 1 saturated heterocycles. The molecule has 1 aromatic heterocycles. The SMILES string of the molecule is CC1(C)OC[C@@](C)(c2nccs2)O1. The average molecular weight is 199 g/mol. The Kier molecular flexibility index (Phi) is 1.94. The highest BCUT2D eigenvalue weighted by Gasteiger charge is 2.44. The number of hydrogen-bond acceptors (Lipinski definition) is 4. The molecule has 0 aromatic carbocycles. The largest absolute Gasteiger partial charge is 0.347 e. The van der Waals surface area contributed by atoms with E-state index in [1.807, 2.05) is 26.2 Å². The number of rotatable bonds is 1. The molecule has 2 rings (SSSR count). The lowest BCUT2D eigenvalue weighted by Crippen LogP contribution is -2.28. The number of aromatic nitrogens is 1. The fourth-order valence-corrected chi connectivity index (χ4v) is 2.23.